The van der Waals surface area contributed by atoms with Crippen molar-refractivity contribution in [2.24, 2.45) is 0 Å². The van der Waals surface area contributed by atoms with Crippen molar-refractivity contribution < 1.29 is 14.3 Å². The van der Waals surface area contributed by atoms with Crippen LogP contribution >= 0.6 is 0 Å². The number of aliphatic hydroxyl groups excluding tert-OH is 1. The number of nitrogens with zero attached hydrogens (tertiary/aromatic N) is 2. The fourth-order valence-corrected chi connectivity index (χ4v) is 2.44. The predicted octanol–water partition coefficient (Wildman–Crippen LogP) is 1.41. The Hall–Kier alpha value is -1.46. The molecule has 0 aromatic heterocycles. The van der Waals surface area contributed by atoms with Crippen LogP contribution in [0.4, 0.5) is 4.39 Å². The maximum Gasteiger partial charge on any atom is 0.236 e. The van der Waals surface area contributed by atoms with Gasteiger partial charge in [-0.3, -0.25) is 9.69 Å². The molecule has 0 bridgehead atoms. The maximum absolute atomic E-state index is 12.9. The number of carbonyl (C=O) groups excluding carboxylic acids is 1. The molecule has 5 heteroatoms. The highest BCUT2D eigenvalue weighted by molar-refractivity contribution is 5.78. The number of likely N-dealkylation sites (N-methyl/N-ethyl adjacent to an activating group) is 1. The molecule has 1 unspecified atom stereocenters. The van der Waals surface area contributed by atoms with E-state index in [-0.39, 0.29) is 23.9 Å². The Bertz CT molecular complexity index is 463. The summed E-state index contributed by atoms with van der Waals surface area (Å²) in [5.74, 6) is -0.267. The Balaban J connectivity index is 1.93. The molecule has 1 aromatic rings. The van der Waals surface area contributed by atoms with Crippen LogP contribution in [0.2, 0.25) is 0 Å². The number of rotatable bonds is 4. The number of benzene rings is 1. The minimum absolute atomic E-state index is 0.0101. The fourth-order valence-electron chi connectivity index (χ4n) is 2.44. The van der Waals surface area contributed by atoms with Crippen LogP contribution in [0.15, 0.2) is 24.3 Å². The van der Waals surface area contributed by atoms with Gasteiger partial charge in [0, 0.05) is 20.1 Å². The molecule has 0 spiro atoms. The first-order valence-corrected chi connectivity index (χ1v) is 6.89. The van der Waals surface area contributed by atoms with E-state index in [1.807, 2.05) is 11.8 Å². The van der Waals surface area contributed by atoms with Gasteiger partial charge in [0.15, 0.2) is 0 Å². The molecular formula is C15H21FN2O2. The Morgan fingerprint density at radius 3 is 2.70 bits per heavy atom. The molecule has 110 valence electrons. The summed E-state index contributed by atoms with van der Waals surface area (Å²) in [6.07, 6.45) is 0.410. The Labute approximate surface area is 118 Å². The summed E-state index contributed by atoms with van der Waals surface area (Å²) in [5.41, 5.74) is 0.906. The lowest BCUT2D eigenvalue weighted by Gasteiger charge is -2.27. The smallest absolute Gasteiger partial charge is 0.236 e. The summed E-state index contributed by atoms with van der Waals surface area (Å²) in [6, 6.07) is 6.10. The molecule has 4 nitrogen and oxygen atoms in total. The van der Waals surface area contributed by atoms with Gasteiger partial charge in [0.05, 0.1) is 18.7 Å². The summed E-state index contributed by atoms with van der Waals surface area (Å²) in [6.45, 7) is 3.55. The van der Waals surface area contributed by atoms with Gasteiger partial charge >= 0.3 is 0 Å². The molecule has 1 aliphatic rings. The number of halogens is 1. The number of aliphatic hydroxyl groups is 1. The first kappa shape index (κ1) is 14.9. The SMILES string of the molecule is CC(c1ccc(F)cc1)N(C)C(=O)CN1CC[C@H](O)C1. The van der Waals surface area contributed by atoms with E-state index in [0.29, 0.717) is 13.1 Å². The van der Waals surface area contributed by atoms with Crippen molar-refractivity contribution in [2.45, 2.75) is 25.5 Å². The number of carbonyl (C=O) groups is 1. The average Bonchev–Trinajstić information content (AvgIpc) is 2.83. The lowest BCUT2D eigenvalue weighted by Crippen LogP contribution is -2.38. The first-order chi connectivity index (χ1) is 9.47. The lowest BCUT2D eigenvalue weighted by atomic mass is 10.1. The number of hydrogen-bond acceptors (Lipinski definition) is 3. The van der Waals surface area contributed by atoms with Crippen LogP contribution in [0.1, 0.15) is 24.9 Å². The molecule has 1 fully saturated rings. The molecule has 2 rings (SSSR count). The normalized spacial score (nSPS) is 20.9. The zero-order chi connectivity index (χ0) is 14.7. The summed E-state index contributed by atoms with van der Waals surface area (Å²) in [7, 11) is 1.75. The molecular weight excluding hydrogens is 259 g/mol. The minimum Gasteiger partial charge on any atom is -0.392 e. The van der Waals surface area contributed by atoms with Gasteiger partial charge in [-0.15, -0.1) is 0 Å². The van der Waals surface area contributed by atoms with Crippen molar-refractivity contribution in [3.63, 3.8) is 0 Å². The van der Waals surface area contributed by atoms with Crippen molar-refractivity contribution >= 4 is 5.91 Å². The molecule has 0 radical (unpaired) electrons. The average molecular weight is 280 g/mol. The molecule has 1 aliphatic heterocycles. The third kappa shape index (κ3) is 3.55. The number of likely N-dealkylation sites (tertiary alicyclic amines) is 1. The molecule has 0 aliphatic carbocycles. The maximum atomic E-state index is 12.9. The largest absolute Gasteiger partial charge is 0.392 e. The Morgan fingerprint density at radius 2 is 2.15 bits per heavy atom. The van der Waals surface area contributed by atoms with Crippen molar-refractivity contribution in [2.75, 3.05) is 26.7 Å². The zero-order valence-electron chi connectivity index (χ0n) is 11.9. The monoisotopic (exact) mass is 280 g/mol. The van der Waals surface area contributed by atoms with E-state index in [2.05, 4.69) is 0 Å². The van der Waals surface area contributed by atoms with Gasteiger partial charge in [0.1, 0.15) is 5.82 Å². The number of β-amino-alcohol motifs (C(OH)–C–C–N with tert-alkyl or cyclic N) is 1. The third-order valence-electron chi connectivity index (χ3n) is 3.93. The molecule has 1 aromatic carbocycles. The van der Waals surface area contributed by atoms with E-state index < -0.39 is 0 Å². The third-order valence-corrected chi connectivity index (χ3v) is 3.93. The summed E-state index contributed by atoms with van der Waals surface area (Å²) < 4.78 is 12.9. The molecule has 1 amide bonds. The van der Waals surface area contributed by atoms with Crippen LogP contribution in [0.3, 0.4) is 0 Å². The van der Waals surface area contributed by atoms with Crippen LogP contribution in [0.5, 0.6) is 0 Å². The van der Waals surface area contributed by atoms with E-state index in [4.69, 9.17) is 0 Å². The van der Waals surface area contributed by atoms with Crippen molar-refractivity contribution in [1.29, 1.82) is 0 Å². The fraction of sp³-hybridized carbons (Fsp3) is 0.533. The van der Waals surface area contributed by atoms with Crippen LogP contribution in [-0.4, -0.2) is 53.6 Å². The van der Waals surface area contributed by atoms with Crippen molar-refractivity contribution in [3.8, 4) is 0 Å². The van der Waals surface area contributed by atoms with Gasteiger partial charge in [0.2, 0.25) is 5.91 Å². The molecule has 2 atom stereocenters. The van der Waals surface area contributed by atoms with E-state index in [9.17, 15) is 14.3 Å². The predicted molar refractivity (Wildman–Crippen MR) is 74.6 cm³/mol. The van der Waals surface area contributed by atoms with Gasteiger partial charge in [-0.25, -0.2) is 4.39 Å². The summed E-state index contributed by atoms with van der Waals surface area (Å²) in [4.78, 5) is 15.8. The van der Waals surface area contributed by atoms with Gasteiger partial charge < -0.3 is 10.0 Å². The standard InChI is InChI=1S/C15H21FN2O2/c1-11(12-3-5-13(16)6-4-12)17(2)15(20)10-18-8-7-14(19)9-18/h3-6,11,14,19H,7-10H2,1-2H3/t11?,14-/m0/s1. The van der Waals surface area contributed by atoms with Gasteiger partial charge in [-0.1, -0.05) is 12.1 Å². The minimum atomic E-state index is -0.317. The Kier molecular flexibility index (Phi) is 4.73. The second-order valence-electron chi connectivity index (χ2n) is 5.41. The second kappa shape index (κ2) is 6.33. The molecule has 0 saturated carbocycles. The zero-order valence-corrected chi connectivity index (χ0v) is 11.9. The summed E-state index contributed by atoms with van der Waals surface area (Å²) >= 11 is 0. The van der Waals surface area contributed by atoms with Crippen molar-refractivity contribution in [1.82, 2.24) is 9.80 Å². The van der Waals surface area contributed by atoms with Gasteiger partial charge in [-0.2, -0.15) is 0 Å². The van der Waals surface area contributed by atoms with Crippen LogP contribution < -0.4 is 0 Å². The summed E-state index contributed by atoms with van der Waals surface area (Å²) in [5, 5.41) is 9.46. The molecule has 1 heterocycles. The molecule has 1 N–H and O–H groups in total. The lowest BCUT2D eigenvalue weighted by molar-refractivity contribution is -0.132. The van der Waals surface area contributed by atoms with Gasteiger partial charge in [-0.05, 0) is 31.0 Å². The number of amides is 1. The molecule has 20 heavy (non-hydrogen) atoms. The quantitative estimate of drug-likeness (QED) is 0.907. The Morgan fingerprint density at radius 1 is 1.50 bits per heavy atom. The van der Waals surface area contributed by atoms with E-state index in [0.717, 1.165) is 18.5 Å². The van der Waals surface area contributed by atoms with Crippen molar-refractivity contribution in [3.05, 3.63) is 35.6 Å². The first-order valence-electron chi connectivity index (χ1n) is 6.89. The van der Waals surface area contributed by atoms with E-state index in [1.165, 1.54) is 12.1 Å². The highest BCUT2D eigenvalue weighted by Crippen LogP contribution is 2.19. The second-order valence-corrected chi connectivity index (χ2v) is 5.41. The highest BCUT2D eigenvalue weighted by atomic mass is 19.1. The van der Waals surface area contributed by atoms with E-state index >= 15 is 0 Å². The molecule has 1 saturated heterocycles. The topological polar surface area (TPSA) is 43.8 Å². The van der Waals surface area contributed by atoms with Crippen LogP contribution in [0, 0.1) is 5.82 Å². The van der Waals surface area contributed by atoms with Crippen LogP contribution in [0.25, 0.3) is 0 Å². The van der Waals surface area contributed by atoms with Crippen LogP contribution in [-0.2, 0) is 4.79 Å². The number of hydrogen-bond donors (Lipinski definition) is 1. The van der Waals surface area contributed by atoms with E-state index in [1.54, 1.807) is 24.1 Å². The highest BCUT2D eigenvalue weighted by Gasteiger charge is 2.25. The van der Waals surface area contributed by atoms with Gasteiger partial charge in [0.25, 0.3) is 0 Å².